The molecule has 186 valence electrons. The van der Waals surface area contributed by atoms with E-state index in [0.29, 0.717) is 19.5 Å². The molecule has 11 heteroatoms. The molecule has 1 atom stereocenters. The van der Waals surface area contributed by atoms with E-state index in [-0.39, 0.29) is 34.6 Å². The summed E-state index contributed by atoms with van der Waals surface area (Å²) in [4.78, 5) is 41.6. The summed E-state index contributed by atoms with van der Waals surface area (Å²) >= 11 is 0. The van der Waals surface area contributed by atoms with E-state index in [1.165, 1.54) is 38.0 Å². The van der Waals surface area contributed by atoms with Gasteiger partial charge in [-0.3, -0.25) is 19.1 Å². The van der Waals surface area contributed by atoms with E-state index in [1.807, 2.05) is 13.8 Å². The molecule has 1 fully saturated rings. The summed E-state index contributed by atoms with van der Waals surface area (Å²) in [6, 6.07) is 5.61. The Hall–Kier alpha value is -2.92. The summed E-state index contributed by atoms with van der Waals surface area (Å²) in [6.45, 7) is 6.47. The van der Waals surface area contributed by atoms with Crippen LogP contribution in [0.5, 0.6) is 0 Å². The average molecular weight is 492 g/mol. The van der Waals surface area contributed by atoms with Crippen molar-refractivity contribution in [2.75, 3.05) is 23.7 Å². The molecule has 1 saturated heterocycles. The number of hydrogen-bond donors (Lipinski definition) is 2. The monoisotopic (exact) mass is 491 g/mol. The number of aromatic nitrogens is 2. The van der Waals surface area contributed by atoms with Crippen molar-refractivity contribution in [2.24, 2.45) is 0 Å². The SMILES string of the molecule is CCCCn1c(N)c(N(CC)C(=O)c2ccc(S(=O)(=O)N3CCCC[C@H]3C)cc2)c(=O)[nH]c1=O. The fourth-order valence-electron chi connectivity index (χ4n) is 4.27. The average Bonchev–Trinajstić information content (AvgIpc) is 2.81. The number of amides is 1. The quantitative estimate of drug-likeness (QED) is 0.580. The van der Waals surface area contributed by atoms with Crippen LogP contribution in [-0.2, 0) is 16.6 Å². The van der Waals surface area contributed by atoms with Crippen molar-refractivity contribution >= 4 is 27.4 Å². The van der Waals surface area contributed by atoms with Crippen LogP contribution in [0.25, 0.3) is 0 Å². The van der Waals surface area contributed by atoms with Gasteiger partial charge in [-0.25, -0.2) is 13.2 Å². The molecule has 1 aliphatic rings. The van der Waals surface area contributed by atoms with Gasteiger partial charge in [-0.05, 0) is 57.4 Å². The molecule has 3 N–H and O–H groups in total. The number of H-pyrrole nitrogens is 1. The van der Waals surface area contributed by atoms with Gasteiger partial charge >= 0.3 is 5.69 Å². The van der Waals surface area contributed by atoms with Crippen LogP contribution in [0.3, 0.4) is 0 Å². The highest BCUT2D eigenvalue weighted by Gasteiger charge is 2.31. The second-order valence-corrected chi connectivity index (χ2v) is 10.4. The molecule has 0 aliphatic carbocycles. The van der Waals surface area contributed by atoms with Crippen molar-refractivity contribution in [1.29, 1.82) is 0 Å². The lowest BCUT2D eigenvalue weighted by molar-refractivity contribution is 0.0988. The van der Waals surface area contributed by atoms with Gasteiger partial charge in [0.1, 0.15) is 5.82 Å². The second-order valence-electron chi connectivity index (χ2n) is 8.53. The number of carbonyl (C=O) groups excluding carboxylic acids is 1. The molecule has 0 unspecified atom stereocenters. The Morgan fingerprint density at radius 2 is 1.85 bits per heavy atom. The van der Waals surface area contributed by atoms with E-state index in [2.05, 4.69) is 4.98 Å². The summed E-state index contributed by atoms with van der Waals surface area (Å²) in [5.41, 5.74) is 4.90. The molecule has 2 heterocycles. The van der Waals surface area contributed by atoms with Gasteiger partial charge in [0.2, 0.25) is 10.0 Å². The molecular formula is C23H33N5O5S. The van der Waals surface area contributed by atoms with Crippen molar-refractivity contribution in [3.63, 3.8) is 0 Å². The number of sulfonamides is 1. The van der Waals surface area contributed by atoms with Crippen LogP contribution in [0.4, 0.5) is 11.5 Å². The molecule has 0 bridgehead atoms. The van der Waals surface area contributed by atoms with Crippen LogP contribution in [0.2, 0.25) is 0 Å². The van der Waals surface area contributed by atoms with Gasteiger partial charge in [0.05, 0.1) is 4.90 Å². The van der Waals surface area contributed by atoms with Crippen LogP contribution < -0.4 is 21.9 Å². The van der Waals surface area contributed by atoms with Gasteiger partial charge in [0, 0.05) is 31.2 Å². The summed E-state index contributed by atoms with van der Waals surface area (Å²) in [7, 11) is -3.67. The fourth-order valence-corrected chi connectivity index (χ4v) is 5.97. The number of benzene rings is 1. The Labute approximate surface area is 199 Å². The lowest BCUT2D eigenvalue weighted by Crippen LogP contribution is -2.42. The third-order valence-corrected chi connectivity index (χ3v) is 8.26. The second kappa shape index (κ2) is 10.6. The van der Waals surface area contributed by atoms with Crippen LogP contribution in [0.15, 0.2) is 38.8 Å². The van der Waals surface area contributed by atoms with Gasteiger partial charge in [-0.2, -0.15) is 4.31 Å². The lowest BCUT2D eigenvalue weighted by Gasteiger charge is -2.32. The highest BCUT2D eigenvalue weighted by atomic mass is 32.2. The van der Waals surface area contributed by atoms with Crippen molar-refractivity contribution in [2.45, 2.75) is 70.4 Å². The first-order chi connectivity index (χ1) is 16.1. The van der Waals surface area contributed by atoms with Gasteiger partial charge in [-0.1, -0.05) is 19.8 Å². The number of piperidine rings is 1. The van der Waals surface area contributed by atoms with Gasteiger partial charge in [0.25, 0.3) is 11.5 Å². The van der Waals surface area contributed by atoms with Crippen molar-refractivity contribution < 1.29 is 13.2 Å². The molecule has 1 aromatic heterocycles. The Bertz CT molecular complexity index is 1250. The summed E-state index contributed by atoms with van der Waals surface area (Å²) < 4.78 is 28.9. The number of nitrogen functional groups attached to an aromatic ring is 1. The van der Waals surface area contributed by atoms with Crippen molar-refractivity contribution in [1.82, 2.24) is 13.9 Å². The fraction of sp³-hybridized carbons (Fsp3) is 0.522. The minimum Gasteiger partial charge on any atom is -0.383 e. The number of nitrogens with one attached hydrogen (secondary N) is 1. The lowest BCUT2D eigenvalue weighted by atomic mass is 10.1. The van der Waals surface area contributed by atoms with E-state index < -0.39 is 27.2 Å². The van der Waals surface area contributed by atoms with E-state index in [9.17, 15) is 22.8 Å². The van der Waals surface area contributed by atoms with Crippen LogP contribution >= 0.6 is 0 Å². The summed E-state index contributed by atoms with van der Waals surface area (Å²) in [5, 5.41) is 0. The Morgan fingerprint density at radius 1 is 1.18 bits per heavy atom. The normalized spacial score (nSPS) is 17.0. The van der Waals surface area contributed by atoms with Crippen LogP contribution in [0, 0.1) is 0 Å². The maximum atomic E-state index is 13.3. The van der Waals surface area contributed by atoms with Crippen molar-refractivity contribution in [3.05, 3.63) is 50.7 Å². The highest BCUT2D eigenvalue weighted by Crippen LogP contribution is 2.26. The number of anilines is 2. The number of nitrogens with zero attached hydrogens (tertiary/aromatic N) is 3. The summed E-state index contributed by atoms with van der Waals surface area (Å²) in [6.07, 6.45) is 4.14. The molecule has 34 heavy (non-hydrogen) atoms. The van der Waals surface area contributed by atoms with Gasteiger partial charge < -0.3 is 10.6 Å². The largest absolute Gasteiger partial charge is 0.383 e. The Kier molecular flexibility index (Phi) is 7.98. The first-order valence-electron chi connectivity index (χ1n) is 11.7. The molecule has 3 rings (SSSR count). The van der Waals surface area contributed by atoms with Crippen LogP contribution in [0.1, 0.15) is 63.2 Å². The molecule has 1 amide bonds. The zero-order valence-corrected chi connectivity index (χ0v) is 20.7. The van der Waals surface area contributed by atoms with E-state index in [4.69, 9.17) is 5.73 Å². The molecule has 0 radical (unpaired) electrons. The Balaban J connectivity index is 1.93. The van der Waals surface area contributed by atoms with E-state index in [0.717, 1.165) is 25.7 Å². The summed E-state index contributed by atoms with van der Waals surface area (Å²) in [5.74, 6) is -0.591. The highest BCUT2D eigenvalue weighted by molar-refractivity contribution is 7.89. The van der Waals surface area contributed by atoms with E-state index >= 15 is 0 Å². The van der Waals surface area contributed by atoms with E-state index in [1.54, 1.807) is 6.92 Å². The van der Waals surface area contributed by atoms with Gasteiger partial charge in [-0.15, -0.1) is 0 Å². The number of nitrogens with two attached hydrogens (primary N) is 1. The van der Waals surface area contributed by atoms with Gasteiger partial charge in [0.15, 0.2) is 5.69 Å². The number of aromatic amines is 1. The Morgan fingerprint density at radius 3 is 2.44 bits per heavy atom. The molecule has 2 aromatic rings. The third kappa shape index (κ3) is 4.95. The first-order valence-corrected chi connectivity index (χ1v) is 13.1. The minimum atomic E-state index is -3.67. The molecular weight excluding hydrogens is 458 g/mol. The number of hydrogen-bond acceptors (Lipinski definition) is 6. The zero-order chi connectivity index (χ0) is 25.0. The molecule has 0 saturated carbocycles. The number of unbranched alkanes of at least 4 members (excludes halogenated alkanes) is 1. The maximum absolute atomic E-state index is 13.3. The predicted octanol–water partition coefficient (Wildman–Crippen LogP) is 2.15. The molecule has 1 aromatic carbocycles. The predicted molar refractivity (Wildman–Crippen MR) is 132 cm³/mol. The maximum Gasteiger partial charge on any atom is 0.330 e. The molecule has 1 aliphatic heterocycles. The number of rotatable bonds is 8. The van der Waals surface area contributed by atoms with Crippen LogP contribution in [-0.4, -0.2) is 47.3 Å². The smallest absolute Gasteiger partial charge is 0.330 e. The molecule has 10 nitrogen and oxygen atoms in total. The molecule has 0 spiro atoms. The zero-order valence-electron chi connectivity index (χ0n) is 19.9. The first kappa shape index (κ1) is 25.7. The van der Waals surface area contributed by atoms with Crippen molar-refractivity contribution in [3.8, 4) is 0 Å². The minimum absolute atomic E-state index is 0.0734. The topological polar surface area (TPSA) is 139 Å². The third-order valence-electron chi connectivity index (χ3n) is 6.23. The number of carbonyl (C=O) groups is 1. The standard InChI is InChI=1S/C23H33N5O5S/c1-4-6-14-27-20(24)19(21(29)25-23(27)31)26(5-2)22(30)17-10-12-18(13-11-17)34(32,33)28-15-8-7-9-16(28)3/h10-13,16H,4-9,14-15,24H2,1-3H3,(H,25,29,31)/t16-/m1/s1.